The standard InChI is InChI=1S/C33H43N3.2ClH.Co/c1-9-24-18-26(11-3)32(27(12-4)19-24)34-22(7)30-16-15-17-31(36-30)23(8)35-33-28(13-5)20-25(10-2)21-29(33)14-6;;;/h15-21H,9-14H2,1-8H3;2*1H;/q;;;+2/p-2. The smallest absolute Gasteiger partial charge is 1.00 e. The Balaban J connectivity index is 0.00000481. The van der Waals surface area contributed by atoms with E-state index >= 15 is 0 Å². The number of aryl methyl sites for hydroxylation is 6. The third-order valence-electron chi connectivity index (χ3n) is 7.04. The molecule has 0 unspecified atom stereocenters. The van der Waals surface area contributed by atoms with E-state index in [-0.39, 0.29) is 41.6 Å². The molecule has 213 valence electrons. The zero-order valence-corrected chi connectivity index (χ0v) is 27.3. The average molecular weight is 612 g/mol. The molecular weight excluding hydrogens is 568 g/mol. The van der Waals surface area contributed by atoms with Crippen molar-refractivity contribution in [2.75, 3.05) is 0 Å². The summed E-state index contributed by atoms with van der Waals surface area (Å²) in [6.07, 6.45) is 5.99. The Morgan fingerprint density at radius 1 is 0.564 bits per heavy atom. The first-order valence-corrected chi connectivity index (χ1v) is 13.8. The number of pyridine rings is 1. The van der Waals surface area contributed by atoms with Crippen molar-refractivity contribution >= 4 is 22.8 Å². The van der Waals surface area contributed by atoms with Crippen molar-refractivity contribution in [2.45, 2.75) is 93.9 Å². The van der Waals surface area contributed by atoms with Crippen LogP contribution >= 0.6 is 0 Å². The van der Waals surface area contributed by atoms with Crippen molar-refractivity contribution in [1.82, 2.24) is 4.98 Å². The van der Waals surface area contributed by atoms with Crippen LogP contribution in [0.4, 0.5) is 11.4 Å². The number of rotatable bonds is 10. The van der Waals surface area contributed by atoms with Gasteiger partial charge in [0.15, 0.2) is 0 Å². The molecule has 0 N–H and O–H groups in total. The largest absolute Gasteiger partial charge is 2.00 e. The van der Waals surface area contributed by atoms with Gasteiger partial charge in [-0.25, -0.2) is 4.98 Å². The Morgan fingerprint density at radius 2 is 0.872 bits per heavy atom. The van der Waals surface area contributed by atoms with Gasteiger partial charge >= 0.3 is 16.8 Å². The number of aromatic nitrogens is 1. The molecule has 3 nitrogen and oxygen atoms in total. The fourth-order valence-electron chi connectivity index (χ4n) is 4.73. The summed E-state index contributed by atoms with van der Waals surface area (Å²) in [7, 11) is 0. The molecular formula is C33H43Cl2CoN3. The molecule has 6 heteroatoms. The number of hydrogen-bond acceptors (Lipinski definition) is 3. The zero-order chi connectivity index (χ0) is 26.2. The molecule has 0 saturated heterocycles. The van der Waals surface area contributed by atoms with Crippen molar-refractivity contribution in [1.29, 1.82) is 0 Å². The molecule has 0 aliphatic rings. The molecule has 0 spiro atoms. The van der Waals surface area contributed by atoms with Crippen LogP contribution in [0.2, 0.25) is 0 Å². The van der Waals surface area contributed by atoms with Crippen molar-refractivity contribution in [3.63, 3.8) is 0 Å². The minimum absolute atomic E-state index is 0. The quantitative estimate of drug-likeness (QED) is 0.325. The molecule has 1 aromatic heterocycles. The predicted octanol–water partition coefficient (Wildman–Crippen LogP) is 2.74. The summed E-state index contributed by atoms with van der Waals surface area (Å²) in [5, 5.41) is 0. The normalized spacial score (nSPS) is 11.4. The van der Waals surface area contributed by atoms with E-state index in [0.29, 0.717) is 0 Å². The Bertz CT molecular complexity index is 1140. The first-order chi connectivity index (χ1) is 17.4. The molecule has 3 aromatic rings. The maximum Gasteiger partial charge on any atom is 2.00 e. The fourth-order valence-corrected chi connectivity index (χ4v) is 4.73. The van der Waals surface area contributed by atoms with Gasteiger partial charge in [-0.2, -0.15) is 0 Å². The van der Waals surface area contributed by atoms with Crippen molar-refractivity contribution in [2.24, 2.45) is 9.98 Å². The van der Waals surface area contributed by atoms with Gasteiger partial charge in [0.25, 0.3) is 0 Å². The van der Waals surface area contributed by atoms with E-state index in [9.17, 15) is 0 Å². The van der Waals surface area contributed by atoms with Crippen LogP contribution in [0.25, 0.3) is 0 Å². The maximum absolute atomic E-state index is 5.12. The summed E-state index contributed by atoms with van der Waals surface area (Å²) in [5.41, 5.74) is 13.9. The Hall–Kier alpha value is -1.98. The van der Waals surface area contributed by atoms with Crippen LogP contribution in [0.15, 0.2) is 52.4 Å². The van der Waals surface area contributed by atoms with E-state index in [1.54, 1.807) is 0 Å². The van der Waals surface area contributed by atoms with Gasteiger partial charge in [0, 0.05) is 0 Å². The second kappa shape index (κ2) is 17.7. The van der Waals surface area contributed by atoms with Gasteiger partial charge in [-0.1, -0.05) is 71.9 Å². The Morgan fingerprint density at radius 3 is 1.13 bits per heavy atom. The summed E-state index contributed by atoms with van der Waals surface area (Å²) >= 11 is 0. The van der Waals surface area contributed by atoms with Gasteiger partial charge in [0.05, 0.1) is 34.2 Å². The summed E-state index contributed by atoms with van der Waals surface area (Å²) in [6, 6.07) is 15.4. The summed E-state index contributed by atoms with van der Waals surface area (Å²) in [4.78, 5) is 15.2. The maximum atomic E-state index is 5.12. The molecule has 0 atom stereocenters. The Labute approximate surface area is 259 Å². The van der Waals surface area contributed by atoms with E-state index in [1.165, 1.54) is 33.4 Å². The third kappa shape index (κ3) is 9.01. The number of benzene rings is 2. The molecule has 39 heavy (non-hydrogen) atoms. The van der Waals surface area contributed by atoms with Gasteiger partial charge in [-0.15, -0.1) is 0 Å². The van der Waals surface area contributed by atoms with E-state index < -0.39 is 0 Å². The molecule has 0 fully saturated rings. The van der Waals surface area contributed by atoms with Gasteiger partial charge in [-0.3, -0.25) is 9.98 Å². The van der Waals surface area contributed by atoms with Crippen molar-refractivity contribution in [3.05, 3.63) is 87.2 Å². The molecule has 0 aliphatic carbocycles. The van der Waals surface area contributed by atoms with Crippen LogP contribution < -0.4 is 24.8 Å². The van der Waals surface area contributed by atoms with Crippen LogP contribution in [0, 0.1) is 0 Å². The minimum Gasteiger partial charge on any atom is -1.00 e. The van der Waals surface area contributed by atoms with Crippen LogP contribution in [0.5, 0.6) is 0 Å². The second-order valence-corrected chi connectivity index (χ2v) is 9.45. The van der Waals surface area contributed by atoms with Crippen LogP contribution in [0.3, 0.4) is 0 Å². The Kier molecular flexibility index (Phi) is 16.8. The van der Waals surface area contributed by atoms with E-state index in [1.807, 2.05) is 0 Å². The van der Waals surface area contributed by atoms with Gasteiger partial charge in [-0.05, 0) is 97.9 Å². The molecule has 0 saturated carbocycles. The summed E-state index contributed by atoms with van der Waals surface area (Å²) in [6.45, 7) is 17.4. The van der Waals surface area contributed by atoms with Gasteiger partial charge in [0.1, 0.15) is 0 Å². The average Bonchev–Trinajstić information content (AvgIpc) is 2.92. The first-order valence-electron chi connectivity index (χ1n) is 13.8. The summed E-state index contributed by atoms with van der Waals surface area (Å²) < 4.78 is 0. The fraction of sp³-hybridized carbons (Fsp3) is 0.424. The molecule has 1 heterocycles. The predicted molar refractivity (Wildman–Crippen MR) is 157 cm³/mol. The van der Waals surface area contributed by atoms with Gasteiger partial charge in [0.2, 0.25) is 0 Å². The summed E-state index contributed by atoms with van der Waals surface area (Å²) in [5.74, 6) is 0. The molecule has 1 radical (unpaired) electrons. The number of nitrogens with zero attached hydrogens (tertiary/aromatic N) is 3. The van der Waals surface area contributed by atoms with E-state index in [4.69, 9.17) is 15.0 Å². The second-order valence-electron chi connectivity index (χ2n) is 9.45. The topological polar surface area (TPSA) is 37.6 Å². The van der Waals surface area contributed by atoms with Crippen molar-refractivity contribution < 1.29 is 41.6 Å². The first kappa shape index (κ1) is 37.0. The molecule has 2 aromatic carbocycles. The number of aliphatic imine (C=N–C) groups is 2. The monoisotopic (exact) mass is 610 g/mol. The SMILES string of the molecule is CCc1cc(CC)c(N=C(C)c2cccc(C(C)=Nc3c(CC)cc(CC)cc3CC)n2)c(CC)c1.[Cl-].[Cl-].[Co+2]. The number of hydrogen-bond donors (Lipinski definition) is 0. The van der Waals surface area contributed by atoms with E-state index in [0.717, 1.165) is 72.7 Å². The van der Waals surface area contributed by atoms with Crippen LogP contribution in [-0.4, -0.2) is 16.4 Å². The van der Waals surface area contributed by atoms with E-state index in [2.05, 4.69) is 97.9 Å². The molecule has 0 amide bonds. The molecule has 0 aliphatic heterocycles. The third-order valence-corrected chi connectivity index (χ3v) is 7.04. The van der Waals surface area contributed by atoms with Gasteiger partial charge < -0.3 is 24.8 Å². The molecule has 0 bridgehead atoms. The van der Waals surface area contributed by atoms with Crippen LogP contribution in [-0.2, 0) is 55.3 Å². The zero-order valence-electron chi connectivity index (χ0n) is 24.7. The number of halogens is 2. The van der Waals surface area contributed by atoms with Crippen molar-refractivity contribution in [3.8, 4) is 0 Å². The molecule has 3 rings (SSSR count). The van der Waals surface area contributed by atoms with Crippen LogP contribution in [0.1, 0.15) is 100 Å². The minimum atomic E-state index is 0.